The lowest BCUT2D eigenvalue weighted by Crippen LogP contribution is -2.37. The first-order chi connectivity index (χ1) is 9.55. The van der Waals surface area contributed by atoms with Crippen molar-refractivity contribution in [1.82, 2.24) is 4.31 Å². The van der Waals surface area contributed by atoms with E-state index in [2.05, 4.69) is 0 Å². The summed E-state index contributed by atoms with van der Waals surface area (Å²) in [7, 11) is -2.12. The lowest BCUT2D eigenvalue weighted by atomic mass is 10.1. The quantitative estimate of drug-likeness (QED) is 0.848. The van der Waals surface area contributed by atoms with Gasteiger partial charge in [0.25, 0.3) is 0 Å². The summed E-state index contributed by atoms with van der Waals surface area (Å²) in [5.41, 5.74) is 0.170. The van der Waals surface area contributed by atoms with Gasteiger partial charge in [-0.3, -0.25) is 0 Å². The Morgan fingerprint density at radius 3 is 2.80 bits per heavy atom. The van der Waals surface area contributed by atoms with Crippen molar-refractivity contribution in [3.63, 3.8) is 0 Å². The van der Waals surface area contributed by atoms with Gasteiger partial charge in [-0.25, -0.2) is 8.42 Å². The highest BCUT2D eigenvalue weighted by atomic mass is 32.2. The van der Waals surface area contributed by atoms with Crippen LogP contribution in [0.5, 0.6) is 0 Å². The molecule has 1 saturated heterocycles. The summed E-state index contributed by atoms with van der Waals surface area (Å²) in [6.07, 6.45) is 2.91. The zero-order chi connectivity index (χ0) is 14.6. The molecule has 0 aromatic heterocycles. The van der Waals surface area contributed by atoms with E-state index in [1.54, 1.807) is 12.1 Å². The zero-order valence-electron chi connectivity index (χ0n) is 11.4. The van der Waals surface area contributed by atoms with E-state index in [0.717, 1.165) is 19.3 Å². The monoisotopic (exact) mass is 294 g/mol. The van der Waals surface area contributed by atoms with E-state index in [1.807, 2.05) is 6.07 Å². The molecule has 0 unspecified atom stereocenters. The second-order valence-corrected chi connectivity index (χ2v) is 6.90. The summed E-state index contributed by atoms with van der Waals surface area (Å²) in [4.78, 5) is 0.0563. The number of nitrogens with zero attached hydrogens (tertiary/aromatic N) is 2. The molecule has 20 heavy (non-hydrogen) atoms. The van der Waals surface area contributed by atoms with Crippen LogP contribution in [-0.4, -0.2) is 39.0 Å². The SMILES string of the molecule is CN(C[C@H]1CCCCO1)S(=O)(=O)c1ccccc1C#N. The number of sulfonamides is 1. The first kappa shape index (κ1) is 15.0. The molecule has 0 bridgehead atoms. The van der Waals surface area contributed by atoms with Gasteiger partial charge in [-0.15, -0.1) is 0 Å². The minimum Gasteiger partial charge on any atom is -0.377 e. The van der Waals surface area contributed by atoms with Crippen LogP contribution in [-0.2, 0) is 14.8 Å². The molecule has 2 rings (SSSR count). The number of likely N-dealkylation sites (N-methyl/N-ethyl adjacent to an activating group) is 1. The van der Waals surface area contributed by atoms with E-state index in [1.165, 1.54) is 23.5 Å². The number of nitriles is 1. The molecular weight excluding hydrogens is 276 g/mol. The van der Waals surface area contributed by atoms with Crippen molar-refractivity contribution in [2.45, 2.75) is 30.3 Å². The molecule has 1 heterocycles. The van der Waals surface area contributed by atoms with E-state index >= 15 is 0 Å². The molecule has 0 aliphatic carbocycles. The maximum Gasteiger partial charge on any atom is 0.244 e. The van der Waals surface area contributed by atoms with Gasteiger partial charge in [0.1, 0.15) is 6.07 Å². The fourth-order valence-electron chi connectivity index (χ4n) is 2.29. The van der Waals surface area contributed by atoms with Crippen LogP contribution >= 0.6 is 0 Å². The van der Waals surface area contributed by atoms with Crippen molar-refractivity contribution >= 4 is 10.0 Å². The topological polar surface area (TPSA) is 70.4 Å². The highest BCUT2D eigenvalue weighted by Gasteiger charge is 2.27. The van der Waals surface area contributed by atoms with Gasteiger partial charge in [-0.1, -0.05) is 12.1 Å². The predicted molar refractivity (Wildman–Crippen MR) is 74.6 cm³/mol. The average Bonchev–Trinajstić information content (AvgIpc) is 2.48. The lowest BCUT2D eigenvalue weighted by Gasteiger charge is -2.27. The van der Waals surface area contributed by atoms with E-state index in [4.69, 9.17) is 10.00 Å². The molecule has 0 spiro atoms. The van der Waals surface area contributed by atoms with Gasteiger partial charge in [-0.2, -0.15) is 9.57 Å². The fourth-order valence-corrected chi connectivity index (χ4v) is 3.63. The molecule has 1 aliphatic rings. The minimum absolute atomic E-state index is 0.0563. The van der Waals surface area contributed by atoms with Crippen LogP contribution in [0.2, 0.25) is 0 Å². The Morgan fingerprint density at radius 2 is 2.15 bits per heavy atom. The molecule has 1 aliphatic heterocycles. The van der Waals surface area contributed by atoms with Crippen LogP contribution in [0, 0.1) is 11.3 Å². The summed E-state index contributed by atoms with van der Waals surface area (Å²) >= 11 is 0. The Hall–Kier alpha value is -1.42. The highest BCUT2D eigenvalue weighted by Crippen LogP contribution is 2.21. The van der Waals surface area contributed by atoms with Gasteiger partial charge in [0, 0.05) is 20.2 Å². The first-order valence-corrected chi connectivity index (χ1v) is 8.07. The summed E-state index contributed by atoms with van der Waals surface area (Å²) in [5, 5.41) is 9.03. The molecule has 0 amide bonds. The largest absolute Gasteiger partial charge is 0.377 e. The Kier molecular flexibility index (Phi) is 4.76. The van der Waals surface area contributed by atoms with Gasteiger partial charge < -0.3 is 4.74 Å². The van der Waals surface area contributed by atoms with E-state index < -0.39 is 10.0 Å². The van der Waals surface area contributed by atoms with Crippen LogP contribution in [0.4, 0.5) is 0 Å². The highest BCUT2D eigenvalue weighted by molar-refractivity contribution is 7.89. The van der Waals surface area contributed by atoms with Crippen molar-refractivity contribution in [3.05, 3.63) is 29.8 Å². The number of ether oxygens (including phenoxy) is 1. The molecule has 6 heteroatoms. The van der Waals surface area contributed by atoms with Crippen molar-refractivity contribution < 1.29 is 13.2 Å². The lowest BCUT2D eigenvalue weighted by molar-refractivity contribution is 0.00858. The summed E-state index contributed by atoms with van der Waals surface area (Å²) in [6.45, 7) is 1.01. The molecule has 0 saturated carbocycles. The molecule has 0 N–H and O–H groups in total. The van der Waals surface area contributed by atoms with E-state index in [-0.39, 0.29) is 16.6 Å². The number of rotatable bonds is 4. The predicted octanol–water partition coefficient (Wildman–Crippen LogP) is 1.75. The van der Waals surface area contributed by atoms with Crippen molar-refractivity contribution in [2.24, 2.45) is 0 Å². The molecule has 1 aromatic carbocycles. The van der Waals surface area contributed by atoms with Gasteiger partial charge in [0.2, 0.25) is 10.0 Å². The van der Waals surface area contributed by atoms with Crippen molar-refractivity contribution in [1.29, 1.82) is 5.26 Å². The molecule has 108 valence electrons. The third-order valence-electron chi connectivity index (χ3n) is 3.43. The van der Waals surface area contributed by atoms with Crippen LogP contribution in [0.15, 0.2) is 29.2 Å². The third-order valence-corrected chi connectivity index (χ3v) is 5.31. The maximum atomic E-state index is 12.5. The number of hydrogen-bond donors (Lipinski definition) is 0. The van der Waals surface area contributed by atoms with Gasteiger partial charge >= 0.3 is 0 Å². The molecule has 0 radical (unpaired) electrons. The van der Waals surface area contributed by atoms with Crippen LogP contribution in [0.25, 0.3) is 0 Å². The van der Waals surface area contributed by atoms with E-state index in [0.29, 0.717) is 13.2 Å². The Balaban J connectivity index is 2.19. The Bertz CT molecular complexity index is 601. The summed E-state index contributed by atoms with van der Waals surface area (Å²) in [5.74, 6) is 0. The number of benzene rings is 1. The molecule has 1 aromatic rings. The summed E-state index contributed by atoms with van der Waals surface area (Å²) in [6, 6.07) is 8.18. The first-order valence-electron chi connectivity index (χ1n) is 6.63. The molecular formula is C14H18N2O3S. The molecule has 1 atom stereocenters. The second-order valence-electron chi connectivity index (χ2n) is 4.88. The smallest absolute Gasteiger partial charge is 0.244 e. The molecule has 1 fully saturated rings. The Labute approximate surface area is 119 Å². The van der Waals surface area contributed by atoms with Crippen LogP contribution in [0.1, 0.15) is 24.8 Å². The van der Waals surface area contributed by atoms with Gasteiger partial charge in [-0.05, 0) is 31.4 Å². The van der Waals surface area contributed by atoms with Crippen LogP contribution in [0.3, 0.4) is 0 Å². The van der Waals surface area contributed by atoms with Crippen molar-refractivity contribution in [3.8, 4) is 6.07 Å². The normalized spacial score (nSPS) is 19.8. The number of hydrogen-bond acceptors (Lipinski definition) is 4. The summed E-state index contributed by atoms with van der Waals surface area (Å²) < 4.78 is 31.9. The second kappa shape index (κ2) is 6.35. The van der Waals surface area contributed by atoms with Crippen molar-refractivity contribution in [2.75, 3.05) is 20.2 Å². The van der Waals surface area contributed by atoms with Crippen LogP contribution < -0.4 is 0 Å². The standard InChI is InChI=1S/C14H18N2O3S/c1-16(11-13-7-4-5-9-19-13)20(17,18)14-8-3-2-6-12(14)10-15/h2-3,6,8,13H,4-5,7,9,11H2,1H3/t13-/m1/s1. The zero-order valence-corrected chi connectivity index (χ0v) is 12.3. The fraction of sp³-hybridized carbons (Fsp3) is 0.500. The van der Waals surface area contributed by atoms with E-state index in [9.17, 15) is 8.42 Å². The minimum atomic E-state index is -3.65. The average molecular weight is 294 g/mol. The third kappa shape index (κ3) is 3.18. The molecule has 5 nitrogen and oxygen atoms in total. The Morgan fingerprint density at radius 1 is 1.40 bits per heavy atom. The maximum absolute atomic E-state index is 12.5. The van der Waals surface area contributed by atoms with Gasteiger partial charge in [0.05, 0.1) is 16.6 Å². The van der Waals surface area contributed by atoms with Gasteiger partial charge in [0.15, 0.2) is 0 Å².